The summed E-state index contributed by atoms with van der Waals surface area (Å²) in [6.07, 6.45) is 2.12. The fourth-order valence-electron chi connectivity index (χ4n) is 1.14. The molecule has 0 bridgehead atoms. The van der Waals surface area contributed by atoms with Crippen LogP contribution >= 0.6 is 11.3 Å². The lowest BCUT2D eigenvalue weighted by Crippen LogP contribution is -2.41. The van der Waals surface area contributed by atoms with Crippen molar-refractivity contribution in [3.05, 3.63) is 11.1 Å². The van der Waals surface area contributed by atoms with E-state index in [1.165, 1.54) is 18.4 Å². The van der Waals surface area contributed by atoms with Gasteiger partial charge >= 0.3 is 0 Å². The predicted molar refractivity (Wildman–Crippen MR) is 70.4 cm³/mol. The van der Waals surface area contributed by atoms with Gasteiger partial charge in [-0.1, -0.05) is 30.1 Å². The number of thiazole rings is 1. The smallest absolute Gasteiger partial charge is 0.258 e. The number of hydrogen-bond acceptors (Lipinski definition) is 5. The lowest BCUT2D eigenvalue weighted by atomic mass is 10.0. The quantitative estimate of drug-likeness (QED) is 0.806. The molecular formula is C12H16N2O3S. The summed E-state index contributed by atoms with van der Waals surface area (Å²) in [5.41, 5.74) is -0.859. The third-order valence-electron chi connectivity index (χ3n) is 2.62. The molecule has 1 aromatic heterocycles. The van der Waals surface area contributed by atoms with E-state index in [1.54, 1.807) is 13.1 Å². The van der Waals surface area contributed by atoms with E-state index in [4.69, 9.17) is 9.84 Å². The van der Waals surface area contributed by atoms with Crippen LogP contribution in [0.25, 0.3) is 0 Å². The number of nitrogens with one attached hydrogen (secondary N) is 1. The van der Waals surface area contributed by atoms with E-state index < -0.39 is 5.60 Å². The molecule has 1 unspecified atom stereocenters. The Hall–Kier alpha value is -1.42. The van der Waals surface area contributed by atoms with Crippen molar-refractivity contribution in [2.75, 3.05) is 19.0 Å². The number of aromatic nitrogens is 1. The lowest BCUT2D eigenvalue weighted by Gasteiger charge is -2.24. The average molecular weight is 268 g/mol. The SMILES string of the molecule is CCC(C)(OC)C(=O)Nc1ncc(C#CCO)s1. The summed E-state index contributed by atoms with van der Waals surface area (Å²) in [6, 6.07) is 0. The van der Waals surface area contributed by atoms with E-state index in [0.717, 1.165) is 0 Å². The monoisotopic (exact) mass is 268 g/mol. The molecule has 0 spiro atoms. The van der Waals surface area contributed by atoms with Crippen LogP contribution in [0.1, 0.15) is 25.1 Å². The number of nitrogens with zero attached hydrogens (tertiary/aromatic N) is 1. The van der Waals surface area contributed by atoms with Gasteiger partial charge in [0.05, 0.1) is 11.1 Å². The highest BCUT2D eigenvalue weighted by atomic mass is 32.1. The Bertz CT molecular complexity index is 469. The second kappa shape index (κ2) is 6.50. The Balaban J connectivity index is 2.73. The summed E-state index contributed by atoms with van der Waals surface area (Å²) >= 11 is 1.25. The van der Waals surface area contributed by atoms with Crippen LogP contribution in [0.4, 0.5) is 5.13 Å². The minimum atomic E-state index is -0.859. The number of carbonyl (C=O) groups excluding carboxylic acids is 1. The van der Waals surface area contributed by atoms with Crippen LogP contribution in [0.15, 0.2) is 6.20 Å². The highest BCUT2D eigenvalue weighted by molar-refractivity contribution is 7.16. The first-order valence-electron chi connectivity index (χ1n) is 5.48. The number of carbonyl (C=O) groups is 1. The van der Waals surface area contributed by atoms with Crippen LogP contribution < -0.4 is 5.32 Å². The van der Waals surface area contributed by atoms with E-state index in [2.05, 4.69) is 22.1 Å². The van der Waals surface area contributed by atoms with Crippen LogP contribution in [0.5, 0.6) is 0 Å². The van der Waals surface area contributed by atoms with Gasteiger partial charge in [-0.2, -0.15) is 0 Å². The van der Waals surface area contributed by atoms with Crippen molar-refractivity contribution in [3.8, 4) is 11.8 Å². The highest BCUT2D eigenvalue weighted by Crippen LogP contribution is 2.21. The number of aliphatic hydroxyl groups excluding tert-OH is 1. The van der Waals surface area contributed by atoms with Crippen LogP contribution in [-0.4, -0.2) is 35.3 Å². The van der Waals surface area contributed by atoms with E-state index in [1.807, 2.05) is 6.92 Å². The summed E-state index contributed by atoms with van der Waals surface area (Å²) < 4.78 is 5.20. The molecule has 0 aliphatic rings. The van der Waals surface area contributed by atoms with Crippen LogP contribution in [0.3, 0.4) is 0 Å². The maximum Gasteiger partial charge on any atom is 0.258 e. The number of anilines is 1. The maximum absolute atomic E-state index is 12.0. The van der Waals surface area contributed by atoms with Crippen molar-refractivity contribution in [3.63, 3.8) is 0 Å². The molecule has 1 amide bonds. The number of rotatable bonds is 4. The normalized spacial score (nSPS) is 13.3. The van der Waals surface area contributed by atoms with E-state index in [0.29, 0.717) is 16.4 Å². The predicted octanol–water partition coefficient (Wildman–Crippen LogP) is 1.24. The highest BCUT2D eigenvalue weighted by Gasteiger charge is 2.31. The number of amides is 1. The number of methoxy groups -OCH3 is 1. The summed E-state index contributed by atoms with van der Waals surface area (Å²) in [5, 5.41) is 11.7. The van der Waals surface area contributed by atoms with Gasteiger partial charge in [-0.05, 0) is 13.3 Å². The molecule has 0 fully saturated rings. The second-order valence-electron chi connectivity index (χ2n) is 3.73. The Labute approximate surface area is 110 Å². The van der Waals surface area contributed by atoms with Gasteiger partial charge in [-0.25, -0.2) is 4.98 Å². The Kier molecular flexibility index (Phi) is 5.28. The van der Waals surface area contributed by atoms with Gasteiger partial charge in [0.1, 0.15) is 12.2 Å². The van der Waals surface area contributed by atoms with Crippen LogP contribution in [0, 0.1) is 11.8 Å². The molecule has 0 saturated heterocycles. The molecule has 2 N–H and O–H groups in total. The largest absolute Gasteiger partial charge is 0.384 e. The Morgan fingerprint density at radius 1 is 1.72 bits per heavy atom. The van der Waals surface area contributed by atoms with Crippen molar-refractivity contribution in [2.45, 2.75) is 25.9 Å². The molecule has 0 aliphatic carbocycles. The van der Waals surface area contributed by atoms with E-state index in [-0.39, 0.29) is 12.5 Å². The van der Waals surface area contributed by atoms with Gasteiger partial charge in [0.25, 0.3) is 5.91 Å². The van der Waals surface area contributed by atoms with Gasteiger partial charge in [0.2, 0.25) is 0 Å². The first-order chi connectivity index (χ1) is 8.55. The summed E-state index contributed by atoms with van der Waals surface area (Å²) in [7, 11) is 1.50. The van der Waals surface area contributed by atoms with Crippen molar-refractivity contribution in [2.24, 2.45) is 0 Å². The minimum Gasteiger partial charge on any atom is -0.384 e. The molecule has 98 valence electrons. The van der Waals surface area contributed by atoms with Gasteiger partial charge < -0.3 is 9.84 Å². The molecule has 0 radical (unpaired) electrons. The molecule has 1 heterocycles. The standard InChI is InChI=1S/C12H16N2O3S/c1-4-12(2,17-3)10(16)14-11-13-8-9(18-11)6-5-7-15/h8,15H,4,7H2,1-3H3,(H,13,14,16). The number of ether oxygens (including phenoxy) is 1. The first-order valence-corrected chi connectivity index (χ1v) is 6.29. The lowest BCUT2D eigenvalue weighted by molar-refractivity contribution is -0.136. The van der Waals surface area contributed by atoms with Gasteiger partial charge in [0.15, 0.2) is 5.13 Å². The minimum absolute atomic E-state index is 0.197. The van der Waals surface area contributed by atoms with Crippen molar-refractivity contribution >= 4 is 22.4 Å². The van der Waals surface area contributed by atoms with E-state index >= 15 is 0 Å². The molecule has 1 aromatic rings. The zero-order valence-electron chi connectivity index (χ0n) is 10.6. The van der Waals surface area contributed by atoms with Crippen molar-refractivity contribution < 1.29 is 14.6 Å². The average Bonchev–Trinajstić information content (AvgIpc) is 2.82. The first kappa shape index (κ1) is 14.6. The molecule has 6 heteroatoms. The van der Waals surface area contributed by atoms with Gasteiger partial charge in [0, 0.05) is 7.11 Å². The van der Waals surface area contributed by atoms with Gasteiger partial charge in [-0.3, -0.25) is 10.1 Å². The van der Waals surface area contributed by atoms with Crippen molar-refractivity contribution in [1.29, 1.82) is 0 Å². The zero-order valence-corrected chi connectivity index (χ0v) is 11.4. The molecule has 0 aromatic carbocycles. The third-order valence-corrected chi connectivity index (χ3v) is 3.45. The topological polar surface area (TPSA) is 71.5 Å². The number of hydrogen-bond donors (Lipinski definition) is 2. The zero-order chi connectivity index (χ0) is 13.6. The fraction of sp³-hybridized carbons (Fsp3) is 0.500. The summed E-state index contributed by atoms with van der Waals surface area (Å²) in [5.74, 6) is 5.02. The van der Waals surface area contributed by atoms with Crippen molar-refractivity contribution in [1.82, 2.24) is 4.98 Å². The molecule has 1 atom stereocenters. The molecular weight excluding hydrogens is 252 g/mol. The fourth-order valence-corrected chi connectivity index (χ4v) is 1.83. The van der Waals surface area contributed by atoms with Crippen LogP contribution in [0.2, 0.25) is 0 Å². The maximum atomic E-state index is 12.0. The second-order valence-corrected chi connectivity index (χ2v) is 4.76. The molecule has 0 aliphatic heterocycles. The third kappa shape index (κ3) is 3.53. The number of aliphatic hydroxyl groups is 1. The molecule has 0 saturated carbocycles. The molecule has 1 rings (SSSR count). The summed E-state index contributed by atoms with van der Waals surface area (Å²) in [6.45, 7) is 3.41. The van der Waals surface area contributed by atoms with Gasteiger partial charge in [-0.15, -0.1) is 0 Å². The van der Waals surface area contributed by atoms with Crippen LogP contribution in [-0.2, 0) is 9.53 Å². The summed E-state index contributed by atoms with van der Waals surface area (Å²) in [4.78, 5) is 16.7. The molecule has 5 nitrogen and oxygen atoms in total. The molecule has 18 heavy (non-hydrogen) atoms. The Morgan fingerprint density at radius 2 is 2.44 bits per heavy atom. The Morgan fingerprint density at radius 3 is 3.00 bits per heavy atom. The van der Waals surface area contributed by atoms with E-state index in [9.17, 15) is 4.79 Å².